The Kier molecular flexibility index (Phi) is 4.87. The lowest BCUT2D eigenvalue weighted by molar-refractivity contribution is -0.119. The molecule has 0 radical (unpaired) electrons. The predicted molar refractivity (Wildman–Crippen MR) is 57.2 cm³/mol. The molecule has 0 aliphatic heterocycles. The summed E-state index contributed by atoms with van der Waals surface area (Å²) in [6, 6.07) is 1.70. The third kappa shape index (κ3) is 3.73. The highest BCUT2D eigenvalue weighted by molar-refractivity contribution is 5.81. The van der Waals surface area contributed by atoms with E-state index >= 15 is 0 Å². The van der Waals surface area contributed by atoms with Crippen LogP contribution in [0.4, 0.5) is 0 Å². The van der Waals surface area contributed by atoms with Gasteiger partial charge in [-0.1, -0.05) is 37.8 Å². The number of hydrogen-bond acceptors (Lipinski definition) is 3. The number of amides is 1. The number of primary amides is 1. The molecule has 1 aromatic rings. The number of aromatic nitrogens is 1. The van der Waals surface area contributed by atoms with Crippen molar-refractivity contribution >= 4 is 5.91 Å². The molecule has 1 amide bonds. The van der Waals surface area contributed by atoms with E-state index in [1.54, 1.807) is 6.07 Å². The second-order valence-electron chi connectivity index (χ2n) is 3.73. The zero-order valence-corrected chi connectivity index (χ0v) is 9.11. The molecule has 0 aromatic carbocycles. The second kappa shape index (κ2) is 6.22. The van der Waals surface area contributed by atoms with Gasteiger partial charge >= 0.3 is 0 Å². The molecule has 2 N–H and O–H groups in total. The molecule has 0 aliphatic carbocycles. The number of rotatable bonds is 7. The molecule has 84 valence electrons. The van der Waals surface area contributed by atoms with E-state index < -0.39 is 0 Å². The van der Waals surface area contributed by atoms with Crippen LogP contribution in [-0.4, -0.2) is 11.1 Å². The van der Waals surface area contributed by atoms with Gasteiger partial charge in [-0.05, 0) is 6.42 Å². The van der Waals surface area contributed by atoms with Crippen LogP contribution < -0.4 is 5.73 Å². The van der Waals surface area contributed by atoms with E-state index in [1.165, 1.54) is 19.1 Å². The largest absolute Gasteiger partial charge is 0.369 e. The summed E-state index contributed by atoms with van der Waals surface area (Å²) in [6.07, 6.45) is 6.76. The van der Waals surface area contributed by atoms with E-state index in [1.807, 2.05) is 0 Å². The summed E-state index contributed by atoms with van der Waals surface area (Å²) in [7, 11) is 0. The number of carbonyl (C=O) groups is 1. The van der Waals surface area contributed by atoms with Crippen molar-refractivity contribution in [2.75, 3.05) is 0 Å². The van der Waals surface area contributed by atoms with Crippen LogP contribution in [-0.2, 0) is 4.79 Å². The highest BCUT2D eigenvalue weighted by Gasteiger charge is 2.19. The maximum absolute atomic E-state index is 11.2. The molecule has 1 rings (SSSR count). The molecule has 4 nitrogen and oxygen atoms in total. The summed E-state index contributed by atoms with van der Waals surface area (Å²) in [4.78, 5) is 11.2. The van der Waals surface area contributed by atoms with E-state index in [0.717, 1.165) is 19.3 Å². The Bertz CT molecular complexity index is 283. The standard InChI is InChI=1S/C11H18N2O2/c1-2-3-4-5-6-9(11(12)14)10-7-8-15-13-10/h7-9H,2-6H2,1H3,(H2,12,14). The van der Waals surface area contributed by atoms with Gasteiger partial charge in [-0.3, -0.25) is 4.79 Å². The SMILES string of the molecule is CCCCCCC(C(N)=O)c1ccon1. The molecule has 0 fully saturated rings. The van der Waals surface area contributed by atoms with Crippen LogP contribution in [0.15, 0.2) is 16.9 Å². The molecule has 1 unspecified atom stereocenters. The quantitative estimate of drug-likeness (QED) is 0.701. The van der Waals surface area contributed by atoms with Gasteiger partial charge in [0.25, 0.3) is 0 Å². The number of hydrogen-bond donors (Lipinski definition) is 1. The molecule has 0 bridgehead atoms. The Morgan fingerprint density at radius 3 is 2.87 bits per heavy atom. The molecule has 15 heavy (non-hydrogen) atoms. The number of carbonyl (C=O) groups excluding carboxylic acids is 1. The van der Waals surface area contributed by atoms with Gasteiger partial charge in [-0.2, -0.15) is 0 Å². The van der Waals surface area contributed by atoms with Crippen molar-refractivity contribution in [3.8, 4) is 0 Å². The first kappa shape index (κ1) is 11.8. The summed E-state index contributed by atoms with van der Waals surface area (Å²) in [5, 5.41) is 3.76. The minimum atomic E-state index is -0.319. The maximum Gasteiger partial charge on any atom is 0.226 e. The lowest BCUT2D eigenvalue weighted by Crippen LogP contribution is -2.21. The van der Waals surface area contributed by atoms with Gasteiger partial charge < -0.3 is 10.3 Å². The Balaban J connectivity index is 2.42. The van der Waals surface area contributed by atoms with Crippen molar-refractivity contribution in [1.29, 1.82) is 0 Å². The van der Waals surface area contributed by atoms with Gasteiger partial charge in [0.1, 0.15) is 6.26 Å². The normalized spacial score (nSPS) is 12.6. The maximum atomic E-state index is 11.2. The van der Waals surface area contributed by atoms with Crippen molar-refractivity contribution in [1.82, 2.24) is 5.16 Å². The van der Waals surface area contributed by atoms with Crippen molar-refractivity contribution in [3.63, 3.8) is 0 Å². The van der Waals surface area contributed by atoms with Gasteiger partial charge in [-0.15, -0.1) is 0 Å². The van der Waals surface area contributed by atoms with Crippen LogP contribution in [0.2, 0.25) is 0 Å². The molecule has 1 atom stereocenters. The topological polar surface area (TPSA) is 69.1 Å². The fourth-order valence-electron chi connectivity index (χ4n) is 1.61. The van der Waals surface area contributed by atoms with Gasteiger partial charge in [0.2, 0.25) is 5.91 Å². The smallest absolute Gasteiger partial charge is 0.226 e. The summed E-state index contributed by atoms with van der Waals surface area (Å²) >= 11 is 0. The number of nitrogens with two attached hydrogens (primary N) is 1. The molecule has 0 spiro atoms. The molecule has 1 aromatic heterocycles. The molecule has 4 heteroatoms. The summed E-state index contributed by atoms with van der Waals surface area (Å²) in [5.74, 6) is -0.610. The summed E-state index contributed by atoms with van der Waals surface area (Å²) in [5.41, 5.74) is 5.97. The van der Waals surface area contributed by atoms with Gasteiger partial charge in [0, 0.05) is 6.07 Å². The molecular weight excluding hydrogens is 192 g/mol. The minimum Gasteiger partial charge on any atom is -0.369 e. The first-order chi connectivity index (χ1) is 7.25. The lowest BCUT2D eigenvalue weighted by atomic mass is 9.97. The van der Waals surface area contributed by atoms with Gasteiger partial charge in [-0.25, -0.2) is 0 Å². The predicted octanol–water partition coefficient (Wildman–Crippen LogP) is 2.21. The van der Waals surface area contributed by atoms with E-state index in [0.29, 0.717) is 5.69 Å². The fourth-order valence-corrected chi connectivity index (χ4v) is 1.61. The van der Waals surface area contributed by atoms with E-state index in [2.05, 4.69) is 12.1 Å². The first-order valence-corrected chi connectivity index (χ1v) is 5.45. The highest BCUT2D eigenvalue weighted by atomic mass is 16.5. The van der Waals surface area contributed by atoms with E-state index in [4.69, 9.17) is 10.3 Å². The van der Waals surface area contributed by atoms with Crippen LogP contribution in [0.1, 0.15) is 50.6 Å². The average molecular weight is 210 g/mol. The summed E-state index contributed by atoms with van der Waals surface area (Å²) < 4.78 is 4.72. The number of nitrogens with zero attached hydrogens (tertiary/aromatic N) is 1. The van der Waals surface area contributed by atoms with Crippen molar-refractivity contribution in [2.45, 2.75) is 44.9 Å². The number of unbranched alkanes of at least 4 members (excludes halogenated alkanes) is 3. The third-order valence-corrected chi connectivity index (χ3v) is 2.50. The Morgan fingerprint density at radius 2 is 2.33 bits per heavy atom. The van der Waals surface area contributed by atoms with Crippen LogP contribution in [0.5, 0.6) is 0 Å². The minimum absolute atomic E-state index is 0.291. The second-order valence-corrected chi connectivity index (χ2v) is 3.73. The Morgan fingerprint density at radius 1 is 1.53 bits per heavy atom. The van der Waals surface area contributed by atoms with Crippen molar-refractivity contribution < 1.29 is 9.32 Å². The molecule has 0 saturated carbocycles. The van der Waals surface area contributed by atoms with Crippen molar-refractivity contribution in [2.24, 2.45) is 5.73 Å². The van der Waals surface area contributed by atoms with Crippen LogP contribution in [0, 0.1) is 0 Å². The lowest BCUT2D eigenvalue weighted by Gasteiger charge is -2.09. The van der Waals surface area contributed by atoms with E-state index in [-0.39, 0.29) is 11.8 Å². The molecule has 1 heterocycles. The Hall–Kier alpha value is -1.32. The zero-order chi connectivity index (χ0) is 11.1. The van der Waals surface area contributed by atoms with Gasteiger partial charge in [0.15, 0.2) is 0 Å². The fraction of sp³-hybridized carbons (Fsp3) is 0.636. The van der Waals surface area contributed by atoms with Crippen LogP contribution in [0.25, 0.3) is 0 Å². The first-order valence-electron chi connectivity index (χ1n) is 5.45. The highest BCUT2D eigenvalue weighted by Crippen LogP contribution is 2.20. The summed E-state index contributed by atoms with van der Waals surface area (Å²) in [6.45, 7) is 2.16. The monoisotopic (exact) mass is 210 g/mol. The third-order valence-electron chi connectivity index (χ3n) is 2.50. The van der Waals surface area contributed by atoms with Crippen molar-refractivity contribution in [3.05, 3.63) is 18.0 Å². The van der Waals surface area contributed by atoms with E-state index in [9.17, 15) is 4.79 Å². The van der Waals surface area contributed by atoms with Crippen LogP contribution in [0.3, 0.4) is 0 Å². The Labute approximate surface area is 89.8 Å². The molecular formula is C11H18N2O2. The molecule has 0 saturated heterocycles. The average Bonchev–Trinajstić information content (AvgIpc) is 2.70. The van der Waals surface area contributed by atoms with Crippen LogP contribution >= 0.6 is 0 Å². The van der Waals surface area contributed by atoms with Gasteiger partial charge in [0.05, 0.1) is 11.6 Å². The molecule has 0 aliphatic rings. The zero-order valence-electron chi connectivity index (χ0n) is 9.11.